The smallest absolute Gasteiger partial charge is 0.249 e. The van der Waals surface area contributed by atoms with Crippen LogP contribution in [-0.2, 0) is 35.8 Å². The molecule has 0 aliphatic carbocycles. The van der Waals surface area contributed by atoms with Crippen LogP contribution in [-0.4, -0.2) is 60.1 Å². The zero-order chi connectivity index (χ0) is 24.2. The summed E-state index contributed by atoms with van der Waals surface area (Å²) in [5, 5.41) is 0. The lowest BCUT2D eigenvalue weighted by molar-refractivity contribution is -0.117. The van der Waals surface area contributed by atoms with Gasteiger partial charge in [0.15, 0.2) is 24.5 Å². The van der Waals surface area contributed by atoms with Crippen molar-refractivity contribution in [3.63, 3.8) is 0 Å². The lowest BCUT2D eigenvalue weighted by atomic mass is 10.3. The van der Waals surface area contributed by atoms with Crippen LogP contribution in [0.5, 0.6) is 5.75 Å². The summed E-state index contributed by atoms with van der Waals surface area (Å²) in [4.78, 5) is 17.3. The third-order valence-corrected chi connectivity index (χ3v) is 8.71. The summed E-state index contributed by atoms with van der Waals surface area (Å²) in [6, 6.07) is 10.6. The van der Waals surface area contributed by atoms with Crippen LogP contribution in [0, 0.1) is 0 Å². The molecule has 33 heavy (non-hydrogen) atoms. The van der Waals surface area contributed by atoms with Gasteiger partial charge in [-0.2, -0.15) is 4.99 Å². The molecule has 9 nitrogen and oxygen atoms in total. The van der Waals surface area contributed by atoms with Gasteiger partial charge in [0.05, 0.1) is 39.5 Å². The van der Waals surface area contributed by atoms with Crippen molar-refractivity contribution in [3.05, 3.63) is 47.3 Å². The number of aromatic nitrogens is 1. The van der Waals surface area contributed by atoms with Crippen LogP contribution in [0.4, 0.5) is 0 Å². The molecule has 0 N–H and O–H groups in total. The number of sulfone groups is 2. The van der Waals surface area contributed by atoms with Crippen molar-refractivity contribution in [3.8, 4) is 5.75 Å². The number of nitrogens with zero attached hydrogens (tertiary/aromatic N) is 2. The number of benzene rings is 2. The molecule has 1 aromatic heterocycles. The van der Waals surface area contributed by atoms with E-state index in [9.17, 15) is 21.6 Å². The van der Waals surface area contributed by atoms with Gasteiger partial charge in [0.2, 0.25) is 5.91 Å². The maximum Gasteiger partial charge on any atom is 0.249 e. The first-order chi connectivity index (χ1) is 15.5. The first-order valence-electron chi connectivity index (χ1n) is 9.82. The van der Waals surface area contributed by atoms with E-state index < -0.39 is 25.6 Å². The average Bonchev–Trinajstić information content (AvgIpc) is 3.11. The molecule has 0 unspecified atom stereocenters. The predicted molar refractivity (Wildman–Crippen MR) is 125 cm³/mol. The second-order valence-electron chi connectivity index (χ2n) is 7.18. The summed E-state index contributed by atoms with van der Waals surface area (Å²) in [6.45, 7) is 0.748. The van der Waals surface area contributed by atoms with Crippen molar-refractivity contribution in [1.29, 1.82) is 0 Å². The van der Waals surface area contributed by atoms with Gasteiger partial charge in [-0.1, -0.05) is 11.3 Å². The average molecular weight is 513 g/mol. The SMILES string of the molecule is COCCn1c(=NC(=O)CCS(=O)(=O)c2ccc(OC)cc2)sc2cc(S(C)(=O)=O)ccc21. The molecule has 178 valence electrons. The lowest BCUT2D eigenvalue weighted by Gasteiger charge is -2.05. The van der Waals surface area contributed by atoms with Crippen LogP contribution in [0.15, 0.2) is 57.2 Å². The molecule has 0 aliphatic rings. The molecular weight excluding hydrogens is 488 g/mol. The Hall–Kier alpha value is -2.54. The molecule has 0 saturated carbocycles. The summed E-state index contributed by atoms with van der Waals surface area (Å²) in [7, 11) is -4.03. The van der Waals surface area contributed by atoms with Crippen molar-refractivity contribution in [2.75, 3.05) is 32.8 Å². The number of rotatable bonds is 9. The molecule has 3 rings (SSSR count). The second kappa shape index (κ2) is 10.2. The van der Waals surface area contributed by atoms with Crippen LogP contribution in [0.3, 0.4) is 0 Å². The quantitative estimate of drug-likeness (QED) is 0.430. The molecule has 0 atom stereocenters. The van der Waals surface area contributed by atoms with E-state index in [-0.39, 0.29) is 22.0 Å². The Bertz CT molecular complexity index is 1440. The summed E-state index contributed by atoms with van der Waals surface area (Å²) >= 11 is 1.16. The summed E-state index contributed by atoms with van der Waals surface area (Å²) in [5.41, 5.74) is 0.710. The minimum atomic E-state index is -3.67. The number of hydrogen-bond acceptors (Lipinski definition) is 8. The zero-order valence-corrected chi connectivity index (χ0v) is 20.8. The van der Waals surface area contributed by atoms with E-state index in [2.05, 4.69) is 4.99 Å². The molecule has 2 aromatic carbocycles. The first-order valence-corrected chi connectivity index (χ1v) is 14.2. The van der Waals surface area contributed by atoms with Crippen LogP contribution in [0.2, 0.25) is 0 Å². The predicted octanol–water partition coefficient (Wildman–Crippen LogP) is 2.05. The molecule has 0 radical (unpaired) electrons. The normalized spacial score (nSPS) is 12.9. The maximum atomic E-state index is 12.6. The van der Waals surface area contributed by atoms with E-state index in [0.717, 1.165) is 17.6 Å². The van der Waals surface area contributed by atoms with Crippen LogP contribution < -0.4 is 9.54 Å². The third kappa shape index (κ3) is 6.08. The van der Waals surface area contributed by atoms with Gasteiger partial charge in [0, 0.05) is 26.3 Å². The minimum Gasteiger partial charge on any atom is -0.497 e. The number of fused-ring (bicyclic) bond motifs is 1. The Morgan fingerprint density at radius 3 is 2.30 bits per heavy atom. The Morgan fingerprint density at radius 1 is 1.03 bits per heavy atom. The van der Waals surface area contributed by atoms with Crippen molar-refractivity contribution >= 4 is 47.1 Å². The van der Waals surface area contributed by atoms with Gasteiger partial charge >= 0.3 is 0 Å². The Balaban J connectivity index is 1.89. The van der Waals surface area contributed by atoms with Crippen molar-refractivity contribution in [2.45, 2.75) is 22.8 Å². The highest BCUT2D eigenvalue weighted by atomic mass is 32.2. The fourth-order valence-corrected chi connectivity index (χ4v) is 6.12. The Kier molecular flexibility index (Phi) is 7.73. The maximum absolute atomic E-state index is 12.6. The van der Waals surface area contributed by atoms with Crippen LogP contribution >= 0.6 is 11.3 Å². The molecular formula is C21H24N2O7S3. The van der Waals surface area contributed by atoms with E-state index in [1.807, 2.05) is 0 Å². The van der Waals surface area contributed by atoms with Crippen molar-refractivity contribution in [2.24, 2.45) is 4.99 Å². The van der Waals surface area contributed by atoms with Crippen molar-refractivity contribution in [1.82, 2.24) is 4.57 Å². The highest BCUT2D eigenvalue weighted by Gasteiger charge is 2.17. The molecule has 0 saturated heterocycles. The Labute approximate surface area is 196 Å². The highest BCUT2D eigenvalue weighted by molar-refractivity contribution is 7.91. The molecule has 0 bridgehead atoms. The van der Waals surface area contributed by atoms with Gasteiger partial charge in [0.25, 0.3) is 0 Å². The van der Waals surface area contributed by atoms with E-state index in [0.29, 0.717) is 33.9 Å². The molecule has 12 heteroatoms. The molecule has 1 amide bonds. The topological polar surface area (TPSA) is 121 Å². The van der Waals surface area contributed by atoms with E-state index in [1.54, 1.807) is 29.9 Å². The van der Waals surface area contributed by atoms with Crippen molar-refractivity contribution < 1.29 is 31.1 Å². The van der Waals surface area contributed by atoms with E-state index in [1.165, 1.54) is 31.4 Å². The summed E-state index contributed by atoms with van der Waals surface area (Å²) in [6.07, 6.45) is 0.834. The Morgan fingerprint density at radius 2 is 1.70 bits per heavy atom. The standard InChI is InChI=1S/C21H24N2O7S3/c1-29-12-11-23-18-9-8-17(32(3,25)26)14-19(18)31-21(23)22-20(24)10-13-33(27,28)16-6-4-15(30-2)5-7-16/h4-9,14H,10-13H2,1-3H3. The first kappa shape index (κ1) is 25.1. The van der Waals surface area contributed by atoms with Gasteiger partial charge < -0.3 is 14.0 Å². The number of ether oxygens (including phenoxy) is 2. The van der Waals surface area contributed by atoms with Gasteiger partial charge in [-0.05, 0) is 42.5 Å². The molecule has 0 aliphatic heterocycles. The molecule has 0 spiro atoms. The van der Waals surface area contributed by atoms with Crippen LogP contribution in [0.1, 0.15) is 6.42 Å². The van der Waals surface area contributed by atoms with Crippen LogP contribution in [0.25, 0.3) is 10.2 Å². The zero-order valence-electron chi connectivity index (χ0n) is 18.3. The van der Waals surface area contributed by atoms with Gasteiger partial charge in [-0.25, -0.2) is 16.8 Å². The fourth-order valence-electron chi connectivity index (χ4n) is 3.05. The lowest BCUT2D eigenvalue weighted by Crippen LogP contribution is -2.20. The monoisotopic (exact) mass is 512 g/mol. The summed E-state index contributed by atoms with van der Waals surface area (Å²) in [5.74, 6) is -0.444. The molecule has 0 fully saturated rings. The van der Waals surface area contributed by atoms with E-state index >= 15 is 0 Å². The van der Waals surface area contributed by atoms with Gasteiger partial charge in [0.1, 0.15) is 5.75 Å². The van der Waals surface area contributed by atoms with Gasteiger partial charge in [-0.15, -0.1) is 0 Å². The fraction of sp³-hybridized carbons (Fsp3) is 0.333. The number of hydrogen-bond donors (Lipinski definition) is 0. The second-order valence-corrected chi connectivity index (χ2v) is 12.3. The number of thiazole rings is 1. The number of carbonyl (C=O) groups excluding carboxylic acids is 1. The highest BCUT2D eigenvalue weighted by Crippen LogP contribution is 2.22. The number of amides is 1. The molecule has 1 heterocycles. The minimum absolute atomic E-state index is 0.0985. The third-order valence-electron chi connectivity index (χ3n) is 4.82. The van der Waals surface area contributed by atoms with Gasteiger partial charge in [-0.3, -0.25) is 4.79 Å². The number of methoxy groups -OCH3 is 2. The molecule has 3 aromatic rings. The van der Waals surface area contributed by atoms with E-state index in [4.69, 9.17) is 9.47 Å². The summed E-state index contributed by atoms with van der Waals surface area (Å²) < 4.78 is 61.5. The largest absolute Gasteiger partial charge is 0.497 e. The number of carbonyl (C=O) groups is 1.